The molecule has 0 radical (unpaired) electrons. The largest absolute Gasteiger partial charge is 0.461 e. The number of terminal acetylenes is 1. The number of halogens is 13. The third-order valence-electron chi connectivity index (χ3n) is 11.7. The molecule has 0 aliphatic carbocycles. The van der Waals surface area contributed by atoms with Crippen LogP contribution in [-0.2, 0) is 11.2 Å². The minimum Gasteiger partial charge on any atom is -0.461 e. The van der Waals surface area contributed by atoms with Crippen molar-refractivity contribution in [2.24, 2.45) is 0 Å². The fourth-order valence-electron chi connectivity index (χ4n) is 8.95. The van der Waals surface area contributed by atoms with Crippen LogP contribution < -0.4 is 20.7 Å². The third kappa shape index (κ3) is 8.36. The van der Waals surface area contributed by atoms with E-state index < -0.39 is 54.4 Å². The van der Waals surface area contributed by atoms with Crippen LogP contribution in [-0.4, -0.2) is 102 Å². The van der Waals surface area contributed by atoms with Gasteiger partial charge in [0.25, 0.3) is 0 Å². The van der Waals surface area contributed by atoms with E-state index in [-0.39, 0.29) is 58.7 Å². The summed E-state index contributed by atoms with van der Waals surface area (Å²) in [5.74, 6) is 1.15. The topological polar surface area (TPSA) is 102 Å². The first-order valence-electron chi connectivity index (χ1n) is 19.9. The summed E-state index contributed by atoms with van der Waals surface area (Å²) in [4.78, 5) is 18.1. The molecule has 2 aromatic heterocycles. The number of hydrogen-bond donors (Lipinski definition) is 2. The molecule has 2 aromatic carbocycles. The van der Waals surface area contributed by atoms with Crippen LogP contribution in [0, 0.1) is 24.0 Å². The summed E-state index contributed by atoms with van der Waals surface area (Å²) in [5.41, 5.74) is 0.731. The Labute approximate surface area is 352 Å². The number of benzene rings is 2. The molecule has 4 aromatic rings. The SMILES string of the molecule is C#Cc1c(F)ccc2cc(N)cc(-c3nc4c5c(nc(OCC67CCCN6CCC7)nc5c3F)N3CC(F)NC(F)C3CCC4)c12.CC.COC(C(F)(F)F)(C(F)(F)F)C(F)(F)F. The van der Waals surface area contributed by atoms with Crippen molar-refractivity contribution in [3.63, 3.8) is 0 Å². The molecule has 3 unspecified atom stereocenters. The van der Waals surface area contributed by atoms with Gasteiger partial charge >= 0.3 is 30.1 Å². The molecule has 3 fully saturated rings. The predicted molar refractivity (Wildman–Crippen MR) is 207 cm³/mol. The number of nitrogens with one attached hydrogen (secondary N) is 1. The summed E-state index contributed by atoms with van der Waals surface area (Å²) >= 11 is 0. The van der Waals surface area contributed by atoms with Crippen LogP contribution in [0.25, 0.3) is 32.9 Å². The number of ether oxygens (including phenoxy) is 2. The standard InChI is InChI=1S/C34H33F4N7O.C5H3F9O.C2H6/c1-2-20-22(35)9-8-18-14-19(39)15-21(26(18)20)29-28(37)30-27-23(40-29)6-3-7-24-31(38)41-25(36)16-45(24)32(27)43-33(42-30)46-17-34-10-4-12-44(34)13-5-11-34;1-15-2(3(6,7)8,4(9,10)11)5(12,13)14;1-2/h1,8-9,14-15,24-25,31,41H,3-7,10-13,16-17,39H2;1H3;1-2H3. The molecule has 0 amide bonds. The summed E-state index contributed by atoms with van der Waals surface area (Å²) in [6.45, 7) is 6.11. The van der Waals surface area contributed by atoms with Crippen molar-refractivity contribution in [3.8, 4) is 29.6 Å². The molecule has 6 heterocycles. The van der Waals surface area contributed by atoms with Gasteiger partial charge < -0.3 is 20.1 Å². The molecule has 4 aliphatic rings. The van der Waals surface area contributed by atoms with Gasteiger partial charge in [-0.05, 0) is 81.6 Å². The maximum Gasteiger partial charge on any atom is 0.435 e. The highest BCUT2D eigenvalue weighted by atomic mass is 19.4. The second-order valence-electron chi connectivity index (χ2n) is 15.2. The first-order valence-corrected chi connectivity index (χ1v) is 19.9. The van der Waals surface area contributed by atoms with E-state index in [2.05, 4.69) is 25.9 Å². The highest BCUT2D eigenvalue weighted by Gasteiger charge is 2.85. The highest BCUT2D eigenvalue weighted by molar-refractivity contribution is 6.04. The van der Waals surface area contributed by atoms with Crippen LogP contribution in [0.15, 0.2) is 24.3 Å². The minimum atomic E-state index is -6.64. The molecular formula is C41H42F13N7O2. The van der Waals surface area contributed by atoms with Gasteiger partial charge in [-0.2, -0.15) is 49.5 Å². The Bertz CT molecular complexity index is 2320. The van der Waals surface area contributed by atoms with E-state index in [4.69, 9.17) is 26.9 Å². The monoisotopic (exact) mass is 911 g/mol. The van der Waals surface area contributed by atoms with E-state index >= 15 is 8.78 Å². The smallest absolute Gasteiger partial charge is 0.435 e. The van der Waals surface area contributed by atoms with Crippen LogP contribution >= 0.6 is 0 Å². The van der Waals surface area contributed by atoms with Crippen molar-refractivity contribution in [2.45, 2.75) is 107 Å². The Balaban J connectivity index is 0.000000333. The zero-order valence-corrected chi connectivity index (χ0v) is 33.9. The van der Waals surface area contributed by atoms with Crippen LogP contribution in [0.5, 0.6) is 6.01 Å². The maximum atomic E-state index is 17.0. The number of hydrogen-bond acceptors (Lipinski definition) is 9. The number of nitrogens with zero attached hydrogens (tertiary/aromatic N) is 5. The number of methoxy groups -OCH3 is 1. The number of nitrogen functional groups attached to an aromatic ring is 1. The molecule has 22 heteroatoms. The predicted octanol–water partition coefficient (Wildman–Crippen LogP) is 9.48. The van der Waals surface area contributed by atoms with Gasteiger partial charge in [-0.3, -0.25) is 10.2 Å². The summed E-state index contributed by atoms with van der Waals surface area (Å²) in [6.07, 6.45) is -12.2. The number of anilines is 2. The number of aryl methyl sites for hydroxylation is 1. The van der Waals surface area contributed by atoms with Gasteiger partial charge in [0.05, 0.1) is 34.8 Å². The zero-order chi connectivity index (χ0) is 46.4. The fourth-order valence-corrected chi connectivity index (χ4v) is 8.95. The second-order valence-corrected chi connectivity index (χ2v) is 15.2. The Hall–Kier alpha value is -4.88. The highest BCUT2D eigenvalue weighted by Crippen LogP contribution is 2.54. The number of aromatic nitrogens is 3. The fraction of sp³-hybridized carbons (Fsp3) is 0.537. The number of fused-ring (bicyclic) bond motifs is 4. The number of piperazine rings is 1. The molecule has 0 spiro atoms. The lowest BCUT2D eigenvalue weighted by Gasteiger charge is -2.42. The van der Waals surface area contributed by atoms with Gasteiger partial charge in [0.2, 0.25) is 0 Å². The number of alkyl halides is 11. The van der Waals surface area contributed by atoms with Gasteiger partial charge in [0, 0.05) is 23.7 Å². The quantitative estimate of drug-likeness (QED) is 0.0878. The van der Waals surface area contributed by atoms with Gasteiger partial charge in [-0.15, -0.1) is 6.42 Å². The van der Waals surface area contributed by atoms with Gasteiger partial charge in [-0.25, -0.2) is 22.5 Å². The van der Waals surface area contributed by atoms with Gasteiger partial charge in [0.1, 0.15) is 29.5 Å². The lowest BCUT2D eigenvalue weighted by molar-refractivity contribution is -0.452. The van der Waals surface area contributed by atoms with E-state index in [0.29, 0.717) is 48.0 Å². The molecule has 4 aliphatic heterocycles. The number of rotatable bonds is 5. The molecule has 3 saturated heterocycles. The average molecular weight is 912 g/mol. The van der Waals surface area contributed by atoms with Crippen LogP contribution in [0.1, 0.15) is 63.6 Å². The summed E-state index contributed by atoms with van der Waals surface area (Å²) in [5, 5.41) is 3.47. The molecule has 3 N–H and O–H groups in total. The van der Waals surface area contributed by atoms with Gasteiger partial charge in [0.15, 0.2) is 18.4 Å². The second kappa shape index (κ2) is 17.6. The van der Waals surface area contributed by atoms with Crippen molar-refractivity contribution in [2.75, 3.05) is 44.0 Å². The van der Waals surface area contributed by atoms with Gasteiger partial charge in [-0.1, -0.05) is 25.8 Å². The van der Waals surface area contributed by atoms with E-state index in [0.717, 1.165) is 38.8 Å². The molecular weight excluding hydrogens is 869 g/mol. The average Bonchev–Trinajstić information content (AvgIpc) is 3.78. The molecule has 9 nitrogen and oxygen atoms in total. The summed E-state index contributed by atoms with van der Waals surface area (Å²) < 4.78 is 177. The molecule has 63 heavy (non-hydrogen) atoms. The van der Waals surface area contributed by atoms with Crippen molar-refractivity contribution < 1.29 is 66.5 Å². The van der Waals surface area contributed by atoms with Crippen LogP contribution in [0.2, 0.25) is 0 Å². The Kier molecular flexibility index (Phi) is 13.3. The third-order valence-corrected chi connectivity index (χ3v) is 11.7. The van der Waals surface area contributed by atoms with E-state index in [1.807, 2.05) is 13.8 Å². The van der Waals surface area contributed by atoms with E-state index in [1.54, 1.807) is 11.0 Å². The molecule has 0 saturated carbocycles. The summed E-state index contributed by atoms with van der Waals surface area (Å²) in [6, 6.07) is 5.15. The first kappa shape index (κ1) is 47.6. The summed E-state index contributed by atoms with van der Waals surface area (Å²) in [7, 11) is -0.311. The van der Waals surface area contributed by atoms with E-state index in [1.165, 1.54) is 18.2 Å². The van der Waals surface area contributed by atoms with Crippen molar-refractivity contribution >= 4 is 33.2 Å². The maximum absolute atomic E-state index is 17.0. The lowest BCUT2D eigenvalue weighted by atomic mass is 9.94. The number of nitrogens with two attached hydrogens (primary N) is 1. The first-order chi connectivity index (χ1) is 29.6. The molecule has 344 valence electrons. The zero-order valence-electron chi connectivity index (χ0n) is 33.9. The van der Waals surface area contributed by atoms with Crippen molar-refractivity contribution in [1.29, 1.82) is 0 Å². The normalized spacial score (nSPS) is 21.3. The Morgan fingerprint density at radius 1 is 0.905 bits per heavy atom. The minimum absolute atomic E-state index is 0.0348. The molecule has 0 bridgehead atoms. The van der Waals surface area contributed by atoms with Crippen LogP contribution in [0.4, 0.5) is 68.6 Å². The molecule has 3 atom stereocenters. The van der Waals surface area contributed by atoms with Crippen LogP contribution in [0.3, 0.4) is 0 Å². The van der Waals surface area contributed by atoms with Crippen molar-refractivity contribution in [3.05, 3.63) is 47.2 Å². The molecule has 8 rings (SSSR count). The number of pyridine rings is 1. The van der Waals surface area contributed by atoms with Crippen molar-refractivity contribution in [1.82, 2.24) is 25.2 Å². The lowest BCUT2D eigenvalue weighted by Crippen LogP contribution is -2.67. The van der Waals surface area contributed by atoms with E-state index in [9.17, 15) is 48.3 Å². The Morgan fingerprint density at radius 3 is 2.11 bits per heavy atom. The Morgan fingerprint density at radius 2 is 1.54 bits per heavy atom.